The molecule has 1 rings (SSSR count). The second kappa shape index (κ2) is 2.79. The fourth-order valence-corrected chi connectivity index (χ4v) is 0.866. The Balaban J connectivity index is 2.08. The topological polar surface area (TPSA) is 35.8 Å². The summed E-state index contributed by atoms with van der Waals surface area (Å²) in [6.45, 7) is 0.269. The van der Waals surface area contributed by atoms with Crippen LogP contribution in [0.15, 0.2) is 0 Å². The van der Waals surface area contributed by atoms with E-state index in [2.05, 4.69) is 5.32 Å². The van der Waals surface area contributed by atoms with Crippen molar-refractivity contribution in [3.05, 3.63) is 0 Å². The zero-order valence-electron chi connectivity index (χ0n) is 5.10. The van der Waals surface area contributed by atoms with Gasteiger partial charge in [-0.25, -0.2) is 4.39 Å². The van der Waals surface area contributed by atoms with Gasteiger partial charge in [-0.1, -0.05) is 0 Å². The lowest BCUT2D eigenvalue weighted by molar-refractivity contribution is 0.146. The number of hydrogen-bond acceptors (Lipinski definition) is 2. The van der Waals surface area contributed by atoms with Crippen molar-refractivity contribution in [2.45, 2.75) is 25.1 Å². The predicted molar refractivity (Wildman–Crippen MR) is 31.5 cm³/mol. The van der Waals surface area contributed by atoms with Crippen molar-refractivity contribution >= 4 is 0 Å². The molecule has 50 valence electrons. The summed E-state index contributed by atoms with van der Waals surface area (Å²) in [5.74, 6) is 0. The fourth-order valence-electron chi connectivity index (χ4n) is 0.866. The first-order chi connectivity index (χ1) is 4.34. The number of nitrogens with zero attached hydrogens (tertiary/aromatic N) is 1. The zero-order valence-corrected chi connectivity index (χ0v) is 5.10. The molecule has 0 heterocycles. The maximum absolute atomic E-state index is 12.3. The summed E-state index contributed by atoms with van der Waals surface area (Å²) in [6.07, 6.45) is 0.824. The molecule has 0 aromatic carbocycles. The van der Waals surface area contributed by atoms with E-state index in [-0.39, 0.29) is 12.6 Å². The lowest BCUT2D eigenvalue weighted by atomic mass is 9.91. The lowest BCUT2D eigenvalue weighted by Crippen LogP contribution is -2.45. The highest BCUT2D eigenvalue weighted by Gasteiger charge is 2.29. The quantitative estimate of drug-likeness (QED) is 0.553. The molecule has 0 radical (unpaired) electrons. The monoisotopic (exact) mass is 128 g/mol. The van der Waals surface area contributed by atoms with Crippen molar-refractivity contribution in [1.29, 1.82) is 5.26 Å². The maximum Gasteiger partial charge on any atom is 0.115 e. The van der Waals surface area contributed by atoms with E-state index in [0.29, 0.717) is 6.42 Å². The second-order valence-corrected chi connectivity index (χ2v) is 2.24. The molecule has 1 fully saturated rings. The van der Waals surface area contributed by atoms with Crippen LogP contribution in [0.1, 0.15) is 12.8 Å². The summed E-state index contributed by atoms with van der Waals surface area (Å²) in [5.41, 5.74) is 0. The van der Waals surface area contributed by atoms with Crippen LogP contribution in [0.2, 0.25) is 0 Å². The largest absolute Gasteiger partial charge is 0.299 e. The molecule has 0 spiro atoms. The molecule has 1 aliphatic rings. The van der Waals surface area contributed by atoms with Gasteiger partial charge < -0.3 is 0 Å². The molecule has 1 N–H and O–H groups in total. The van der Waals surface area contributed by atoms with Crippen LogP contribution in [0.3, 0.4) is 0 Å². The van der Waals surface area contributed by atoms with Crippen molar-refractivity contribution in [3.63, 3.8) is 0 Å². The van der Waals surface area contributed by atoms with Gasteiger partial charge in [0.15, 0.2) is 0 Å². The molecular weight excluding hydrogens is 119 g/mol. The third kappa shape index (κ3) is 1.39. The molecule has 3 heteroatoms. The average molecular weight is 128 g/mol. The number of nitriles is 1. The minimum atomic E-state index is -0.710. The lowest BCUT2D eigenvalue weighted by Gasteiger charge is -2.30. The van der Waals surface area contributed by atoms with Crippen molar-refractivity contribution in [3.8, 4) is 6.07 Å². The molecule has 0 aromatic rings. The van der Waals surface area contributed by atoms with Gasteiger partial charge in [0, 0.05) is 6.04 Å². The molecular formula is C6H9FN2. The molecule has 2 nitrogen and oxygen atoms in total. The first-order valence-electron chi connectivity index (χ1n) is 3.09. The van der Waals surface area contributed by atoms with Crippen molar-refractivity contribution < 1.29 is 4.39 Å². The summed E-state index contributed by atoms with van der Waals surface area (Å²) in [5, 5.41) is 10.9. The van der Waals surface area contributed by atoms with Gasteiger partial charge in [-0.2, -0.15) is 5.26 Å². The molecule has 2 unspecified atom stereocenters. The van der Waals surface area contributed by atoms with E-state index >= 15 is 0 Å². The van der Waals surface area contributed by atoms with Crippen LogP contribution in [0.25, 0.3) is 0 Å². The molecule has 2 atom stereocenters. The molecule has 0 aliphatic heterocycles. The van der Waals surface area contributed by atoms with Crippen molar-refractivity contribution in [2.24, 2.45) is 0 Å². The summed E-state index contributed by atoms with van der Waals surface area (Å²) < 4.78 is 12.3. The van der Waals surface area contributed by atoms with Gasteiger partial charge in [-0.05, 0) is 12.8 Å². The van der Waals surface area contributed by atoms with Crippen LogP contribution in [-0.2, 0) is 0 Å². The van der Waals surface area contributed by atoms with Gasteiger partial charge in [-0.3, -0.25) is 5.32 Å². The summed E-state index contributed by atoms with van der Waals surface area (Å²) in [4.78, 5) is 0. The van der Waals surface area contributed by atoms with E-state index in [9.17, 15) is 4.39 Å². The Labute approximate surface area is 53.7 Å². The third-order valence-electron chi connectivity index (χ3n) is 1.63. The van der Waals surface area contributed by atoms with Crippen LogP contribution in [0.5, 0.6) is 0 Å². The fraction of sp³-hybridized carbons (Fsp3) is 0.833. The number of halogens is 1. The predicted octanol–water partition coefficient (Wildman–Crippen LogP) is 0.600. The molecule has 1 saturated carbocycles. The van der Waals surface area contributed by atoms with Gasteiger partial charge in [0.25, 0.3) is 0 Å². The number of rotatable bonds is 2. The molecule has 0 bridgehead atoms. The van der Waals surface area contributed by atoms with E-state index in [0.717, 1.165) is 6.42 Å². The molecule has 9 heavy (non-hydrogen) atoms. The van der Waals surface area contributed by atoms with E-state index in [4.69, 9.17) is 5.26 Å². The third-order valence-corrected chi connectivity index (χ3v) is 1.63. The maximum atomic E-state index is 12.3. The van der Waals surface area contributed by atoms with E-state index < -0.39 is 6.17 Å². The van der Waals surface area contributed by atoms with Crippen LogP contribution in [0.4, 0.5) is 4.39 Å². The summed E-state index contributed by atoms with van der Waals surface area (Å²) in [6, 6.07) is 1.87. The van der Waals surface area contributed by atoms with Crippen molar-refractivity contribution in [1.82, 2.24) is 5.32 Å². The van der Waals surface area contributed by atoms with E-state index in [1.165, 1.54) is 0 Å². The Bertz CT molecular complexity index is 130. The Kier molecular flexibility index (Phi) is 2.01. The summed E-state index contributed by atoms with van der Waals surface area (Å²) >= 11 is 0. The zero-order chi connectivity index (χ0) is 6.69. The highest BCUT2D eigenvalue weighted by molar-refractivity contribution is 4.89. The molecule has 0 aromatic heterocycles. The van der Waals surface area contributed by atoms with Gasteiger partial charge >= 0.3 is 0 Å². The highest BCUT2D eigenvalue weighted by Crippen LogP contribution is 2.22. The second-order valence-electron chi connectivity index (χ2n) is 2.24. The van der Waals surface area contributed by atoms with Gasteiger partial charge in [0.05, 0.1) is 12.6 Å². The Morgan fingerprint density at radius 3 is 2.78 bits per heavy atom. The Morgan fingerprint density at radius 2 is 2.44 bits per heavy atom. The van der Waals surface area contributed by atoms with Crippen LogP contribution in [-0.4, -0.2) is 18.8 Å². The SMILES string of the molecule is N#CCNC1CCC1F. The minimum Gasteiger partial charge on any atom is -0.299 e. The van der Waals surface area contributed by atoms with Gasteiger partial charge in [-0.15, -0.1) is 0 Å². The summed E-state index contributed by atoms with van der Waals surface area (Å²) in [7, 11) is 0. The van der Waals surface area contributed by atoms with Gasteiger partial charge in [0.2, 0.25) is 0 Å². The van der Waals surface area contributed by atoms with E-state index in [1.54, 1.807) is 0 Å². The number of nitrogens with one attached hydrogen (secondary N) is 1. The number of alkyl halides is 1. The standard InChI is InChI=1S/C6H9FN2/c7-5-1-2-6(5)9-4-3-8/h5-6,9H,1-2,4H2. The highest BCUT2D eigenvalue weighted by atomic mass is 19.1. The van der Waals surface area contributed by atoms with E-state index in [1.807, 2.05) is 6.07 Å². The number of hydrogen-bond donors (Lipinski definition) is 1. The molecule has 0 amide bonds. The van der Waals surface area contributed by atoms with Crippen molar-refractivity contribution in [2.75, 3.05) is 6.54 Å². The normalized spacial score (nSPS) is 32.9. The van der Waals surface area contributed by atoms with Gasteiger partial charge in [0.1, 0.15) is 6.17 Å². The molecule has 0 saturated heterocycles. The van der Waals surface area contributed by atoms with Crippen LogP contribution < -0.4 is 5.32 Å². The average Bonchev–Trinajstić information content (AvgIpc) is 1.86. The molecule has 1 aliphatic carbocycles. The van der Waals surface area contributed by atoms with Crippen LogP contribution in [0, 0.1) is 11.3 Å². The minimum absolute atomic E-state index is 0.0374. The Morgan fingerprint density at radius 1 is 1.67 bits per heavy atom. The first kappa shape index (κ1) is 6.50. The van der Waals surface area contributed by atoms with Crippen LogP contribution >= 0.6 is 0 Å². The Hall–Kier alpha value is -0.620. The first-order valence-corrected chi connectivity index (χ1v) is 3.09. The smallest absolute Gasteiger partial charge is 0.115 e.